The van der Waals surface area contributed by atoms with E-state index in [4.69, 9.17) is 16.3 Å². The molecule has 0 aliphatic heterocycles. The van der Waals surface area contributed by atoms with Crippen molar-refractivity contribution < 1.29 is 14.3 Å². The molecule has 0 radical (unpaired) electrons. The maximum atomic E-state index is 11.9. The van der Waals surface area contributed by atoms with Gasteiger partial charge in [-0.1, -0.05) is 54.6 Å². The minimum absolute atomic E-state index is 0.0305. The fourth-order valence-corrected chi connectivity index (χ4v) is 3.12. The lowest BCUT2D eigenvalue weighted by atomic mass is 9.98. The molecular formula is C19H16ClNO3. The highest BCUT2D eigenvalue weighted by atomic mass is 35.5. The van der Waals surface area contributed by atoms with Crippen molar-refractivity contribution in [2.24, 2.45) is 0 Å². The number of ether oxygens (including phenoxy) is 1. The lowest BCUT2D eigenvalue weighted by Gasteiger charge is -2.16. The van der Waals surface area contributed by atoms with E-state index in [-0.39, 0.29) is 12.5 Å². The summed E-state index contributed by atoms with van der Waals surface area (Å²) in [6.07, 6.45) is 0.562. The average molecular weight is 342 g/mol. The monoisotopic (exact) mass is 341 g/mol. The summed E-state index contributed by atoms with van der Waals surface area (Å²) in [6.45, 7) is 3.64. The molecule has 1 aliphatic carbocycles. The number of rotatable bonds is 5. The van der Waals surface area contributed by atoms with Gasteiger partial charge in [-0.25, -0.2) is 4.79 Å². The van der Waals surface area contributed by atoms with Gasteiger partial charge in [0, 0.05) is 5.92 Å². The second kappa shape index (κ2) is 6.89. The van der Waals surface area contributed by atoms with Crippen LogP contribution in [0.3, 0.4) is 0 Å². The minimum atomic E-state index is -0.956. The number of amides is 1. The fraction of sp³-hybridized carbons (Fsp3) is 0.158. The van der Waals surface area contributed by atoms with Crippen LogP contribution in [0.15, 0.2) is 61.2 Å². The Kier molecular flexibility index (Phi) is 4.67. The molecule has 2 aromatic carbocycles. The van der Waals surface area contributed by atoms with Crippen molar-refractivity contribution in [1.82, 2.24) is 5.32 Å². The molecule has 0 aromatic heterocycles. The first kappa shape index (κ1) is 16.3. The van der Waals surface area contributed by atoms with Crippen molar-refractivity contribution in [1.29, 1.82) is 0 Å². The first-order chi connectivity index (χ1) is 11.6. The Morgan fingerprint density at radius 2 is 1.67 bits per heavy atom. The second-order valence-electron chi connectivity index (χ2n) is 5.49. The van der Waals surface area contributed by atoms with E-state index in [9.17, 15) is 9.59 Å². The van der Waals surface area contributed by atoms with Crippen LogP contribution in [-0.2, 0) is 9.53 Å². The summed E-state index contributed by atoms with van der Waals surface area (Å²) >= 11 is 5.37. The Bertz CT molecular complexity index is 757. The van der Waals surface area contributed by atoms with Crippen LogP contribution in [0.2, 0.25) is 0 Å². The molecule has 0 unspecified atom stereocenters. The molecule has 1 atom stereocenters. The highest BCUT2D eigenvalue weighted by Gasteiger charge is 2.29. The van der Waals surface area contributed by atoms with Crippen LogP contribution in [0.1, 0.15) is 17.0 Å². The van der Waals surface area contributed by atoms with Crippen LogP contribution >= 0.6 is 11.6 Å². The van der Waals surface area contributed by atoms with Gasteiger partial charge in [-0.3, -0.25) is 4.79 Å². The number of alkyl carbamates (subject to hydrolysis) is 1. The summed E-state index contributed by atoms with van der Waals surface area (Å²) in [5.41, 5.74) is 4.56. The van der Waals surface area contributed by atoms with Crippen LogP contribution in [0, 0.1) is 0 Å². The number of nitrogens with one attached hydrogen (secondary N) is 1. The molecular weight excluding hydrogens is 326 g/mol. The van der Waals surface area contributed by atoms with Crippen molar-refractivity contribution in [3.8, 4) is 11.1 Å². The van der Waals surface area contributed by atoms with Gasteiger partial charge in [0.05, 0.1) is 0 Å². The van der Waals surface area contributed by atoms with E-state index in [1.54, 1.807) is 0 Å². The van der Waals surface area contributed by atoms with E-state index < -0.39 is 17.4 Å². The van der Waals surface area contributed by atoms with Crippen molar-refractivity contribution in [2.45, 2.75) is 12.0 Å². The third kappa shape index (κ3) is 3.05. The highest BCUT2D eigenvalue weighted by Crippen LogP contribution is 2.44. The number of carbonyl (C=O) groups excluding carboxylic acids is 2. The van der Waals surface area contributed by atoms with Crippen LogP contribution in [0.5, 0.6) is 0 Å². The zero-order chi connectivity index (χ0) is 17.1. The van der Waals surface area contributed by atoms with E-state index in [0.717, 1.165) is 22.3 Å². The van der Waals surface area contributed by atoms with Crippen molar-refractivity contribution in [3.05, 3.63) is 72.3 Å². The maximum Gasteiger partial charge on any atom is 0.408 e. The Morgan fingerprint density at radius 3 is 2.17 bits per heavy atom. The number of fused-ring (bicyclic) bond motifs is 3. The molecule has 5 heteroatoms. The summed E-state index contributed by atoms with van der Waals surface area (Å²) < 4.78 is 5.31. The smallest absolute Gasteiger partial charge is 0.408 e. The summed E-state index contributed by atoms with van der Waals surface area (Å²) in [5.74, 6) is -0.0305. The average Bonchev–Trinajstić information content (AvgIpc) is 2.91. The first-order valence-electron chi connectivity index (χ1n) is 7.55. The zero-order valence-electron chi connectivity index (χ0n) is 12.9. The van der Waals surface area contributed by atoms with Crippen LogP contribution < -0.4 is 5.32 Å². The summed E-state index contributed by atoms with van der Waals surface area (Å²) in [4.78, 5) is 23.0. The van der Waals surface area contributed by atoms with Crippen molar-refractivity contribution >= 4 is 22.9 Å². The van der Waals surface area contributed by atoms with Crippen LogP contribution in [0.4, 0.5) is 4.79 Å². The molecule has 24 heavy (non-hydrogen) atoms. The van der Waals surface area contributed by atoms with E-state index in [1.165, 1.54) is 6.08 Å². The SMILES string of the molecule is C=C[C@H](NC(=O)OCC1c2ccccc2-c2ccccc21)C(=O)Cl. The molecule has 0 spiro atoms. The number of hydrogen-bond acceptors (Lipinski definition) is 3. The normalized spacial score (nSPS) is 13.5. The Balaban J connectivity index is 1.75. The molecule has 0 heterocycles. The maximum absolute atomic E-state index is 11.9. The van der Waals surface area contributed by atoms with E-state index in [1.807, 2.05) is 36.4 Å². The third-order valence-corrected chi connectivity index (χ3v) is 4.33. The number of carbonyl (C=O) groups is 2. The topological polar surface area (TPSA) is 55.4 Å². The van der Waals surface area contributed by atoms with Gasteiger partial charge < -0.3 is 10.1 Å². The third-order valence-electron chi connectivity index (χ3n) is 4.10. The predicted octanol–water partition coefficient (Wildman–Crippen LogP) is 3.85. The van der Waals surface area contributed by atoms with Gasteiger partial charge in [0.25, 0.3) is 0 Å². The van der Waals surface area contributed by atoms with E-state index in [0.29, 0.717) is 0 Å². The van der Waals surface area contributed by atoms with Crippen molar-refractivity contribution in [2.75, 3.05) is 6.61 Å². The first-order valence-corrected chi connectivity index (χ1v) is 7.93. The van der Waals surface area contributed by atoms with Gasteiger partial charge in [0.2, 0.25) is 5.24 Å². The van der Waals surface area contributed by atoms with E-state index >= 15 is 0 Å². The van der Waals surface area contributed by atoms with Crippen molar-refractivity contribution in [3.63, 3.8) is 0 Å². The summed E-state index contributed by atoms with van der Waals surface area (Å²) in [5, 5.41) is 1.67. The van der Waals surface area contributed by atoms with Gasteiger partial charge in [-0.2, -0.15) is 0 Å². The summed E-state index contributed by atoms with van der Waals surface area (Å²) in [6, 6.07) is 15.2. The molecule has 1 aliphatic rings. The molecule has 0 saturated carbocycles. The molecule has 0 saturated heterocycles. The molecule has 2 aromatic rings. The lowest BCUT2D eigenvalue weighted by molar-refractivity contribution is -0.112. The Labute approximate surface area is 145 Å². The number of benzene rings is 2. The number of halogens is 1. The van der Waals surface area contributed by atoms with Gasteiger partial charge in [-0.05, 0) is 33.9 Å². The second-order valence-corrected chi connectivity index (χ2v) is 5.86. The largest absolute Gasteiger partial charge is 0.449 e. The van der Waals surface area contributed by atoms with E-state index in [2.05, 4.69) is 24.0 Å². The zero-order valence-corrected chi connectivity index (χ0v) is 13.6. The van der Waals surface area contributed by atoms with Gasteiger partial charge in [0.15, 0.2) is 0 Å². The van der Waals surface area contributed by atoms with Gasteiger partial charge in [0.1, 0.15) is 12.6 Å². The van der Waals surface area contributed by atoms with Gasteiger partial charge >= 0.3 is 6.09 Å². The van der Waals surface area contributed by atoms with Crippen LogP contribution in [0.25, 0.3) is 11.1 Å². The molecule has 0 bridgehead atoms. The molecule has 3 rings (SSSR count). The quantitative estimate of drug-likeness (QED) is 0.664. The van der Waals surface area contributed by atoms with Gasteiger partial charge in [-0.15, -0.1) is 6.58 Å². The molecule has 1 amide bonds. The fourth-order valence-electron chi connectivity index (χ4n) is 2.98. The lowest BCUT2D eigenvalue weighted by Crippen LogP contribution is -2.38. The standard InChI is InChI=1S/C19H16ClNO3/c1-2-17(18(20)22)21-19(23)24-11-16-14-9-5-3-7-12(14)13-8-4-6-10-15(13)16/h2-10,16-17H,1,11H2,(H,21,23)/t17-/m0/s1. The molecule has 122 valence electrons. The Hall–Kier alpha value is -2.59. The molecule has 4 nitrogen and oxygen atoms in total. The predicted molar refractivity (Wildman–Crippen MR) is 93.0 cm³/mol. The number of hydrogen-bond donors (Lipinski definition) is 1. The molecule has 1 N–H and O–H groups in total. The molecule has 0 fully saturated rings. The van der Waals surface area contributed by atoms with Crippen LogP contribution in [-0.4, -0.2) is 24.0 Å². The summed E-state index contributed by atoms with van der Waals surface area (Å²) in [7, 11) is 0. The highest BCUT2D eigenvalue weighted by molar-refractivity contribution is 6.65. The minimum Gasteiger partial charge on any atom is -0.449 e. The Morgan fingerprint density at radius 1 is 1.12 bits per heavy atom.